The van der Waals surface area contributed by atoms with Gasteiger partial charge in [0.15, 0.2) is 0 Å². The second-order valence-electron chi connectivity index (χ2n) is 3.85. The van der Waals surface area contributed by atoms with Crippen molar-refractivity contribution < 1.29 is 4.79 Å². The molecule has 2 rings (SSSR count). The van der Waals surface area contributed by atoms with E-state index in [0.717, 1.165) is 4.90 Å². The molecule has 1 aromatic heterocycles. The Morgan fingerprint density at radius 2 is 2.20 bits per heavy atom. The first-order valence-corrected chi connectivity index (χ1v) is 7.25. The van der Waals surface area contributed by atoms with Crippen molar-refractivity contribution in [3.63, 3.8) is 0 Å². The zero-order valence-corrected chi connectivity index (χ0v) is 12.1. The summed E-state index contributed by atoms with van der Waals surface area (Å²) in [7, 11) is 0. The van der Waals surface area contributed by atoms with Gasteiger partial charge in [-0.15, -0.1) is 11.8 Å². The highest BCUT2D eigenvalue weighted by Crippen LogP contribution is 2.23. The van der Waals surface area contributed by atoms with Crippen molar-refractivity contribution in [2.24, 2.45) is 0 Å². The number of nitrogens with zero attached hydrogens (tertiary/aromatic N) is 2. The Bertz CT molecular complexity index is 680. The van der Waals surface area contributed by atoms with E-state index in [2.05, 4.69) is 16.4 Å². The summed E-state index contributed by atoms with van der Waals surface area (Å²) in [6.07, 6.45) is 3.30. The predicted octanol–water partition coefficient (Wildman–Crippen LogP) is 3.58. The average Bonchev–Trinajstić information content (AvgIpc) is 2.47. The fourth-order valence-electron chi connectivity index (χ4n) is 1.59. The van der Waals surface area contributed by atoms with Crippen molar-refractivity contribution in [3.8, 4) is 6.07 Å². The lowest BCUT2D eigenvalue weighted by Crippen LogP contribution is -2.12. The van der Waals surface area contributed by atoms with Gasteiger partial charge in [0.2, 0.25) is 0 Å². The van der Waals surface area contributed by atoms with E-state index >= 15 is 0 Å². The molecule has 2 aromatic rings. The van der Waals surface area contributed by atoms with E-state index in [0.29, 0.717) is 22.0 Å². The Labute approximate surface area is 125 Å². The lowest BCUT2D eigenvalue weighted by Gasteiger charge is -2.07. The molecule has 0 bridgehead atoms. The first-order valence-electron chi connectivity index (χ1n) is 5.65. The molecule has 1 aromatic carbocycles. The van der Waals surface area contributed by atoms with Crippen molar-refractivity contribution in [1.29, 1.82) is 5.26 Å². The van der Waals surface area contributed by atoms with Gasteiger partial charge in [-0.3, -0.25) is 4.79 Å². The van der Waals surface area contributed by atoms with Crippen LogP contribution in [0.1, 0.15) is 15.9 Å². The highest BCUT2D eigenvalue weighted by atomic mass is 35.5. The summed E-state index contributed by atoms with van der Waals surface area (Å²) in [5, 5.41) is 12.1. The van der Waals surface area contributed by atoms with Crippen LogP contribution in [0.5, 0.6) is 0 Å². The van der Waals surface area contributed by atoms with E-state index in [4.69, 9.17) is 16.9 Å². The summed E-state index contributed by atoms with van der Waals surface area (Å²) in [6.45, 7) is 0. The van der Waals surface area contributed by atoms with Crippen LogP contribution in [-0.4, -0.2) is 17.1 Å². The Morgan fingerprint density at radius 1 is 1.40 bits per heavy atom. The standard InChI is InChI=1S/C14H10ClN3OS/c1-20-12-4-3-11(6-10(12)7-16)18-14(19)9-2-5-13(15)17-8-9/h2-6,8H,1H3,(H,18,19). The first kappa shape index (κ1) is 14.4. The molecular weight excluding hydrogens is 294 g/mol. The van der Waals surface area contributed by atoms with Crippen LogP contribution in [0.4, 0.5) is 5.69 Å². The molecule has 0 unspecified atom stereocenters. The van der Waals surface area contributed by atoms with Crippen LogP contribution in [0.15, 0.2) is 41.4 Å². The quantitative estimate of drug-likeness (QED) is 0.695. The van der Waals surface area contributed by atoms with Crippen LogP contribution < -0.4 is 5.32 Å². The number of pyridine rings is 1. The Kier molecular flexibility index (Phi) is 4.61. The molecule has 0 atom stereocenters. The maximum absolute atomic E-state index is 12.0. The number of nitrogens with one attached hydrogen (secondary N) is 1. The first-order chi connectivity index (χ1) is 9.63. The highest BCUT2D eigenvalue weighted by molar-refractivity contribution is 7.98. The molecule has 0 saturated carbocycles. The van der Waals surface area contributed by atoms with Crippen molar-refractivity contribution in [1.82, 2.24) is 4.98 Å². The Balaban J connectivity index is 2.20. The van der Waals surface area contributed by atoms with E-state index in [-0.39, 0.29) is 5.91 Å². The number of carbonyl (C=O) groups is 1. The minimum atomic E-state index is -0.296. The van der Waals surface area contributed by atoms with Gasteiger partial charge in [0, 0.05) is 16.8 Å². The van der Waals surface area contributed by atoms with E-state index in [1.54, 1.807) is 30.3 Å². The largest absolute Gasteiger partial charge is 0.322 e. The molecule has 0 spiro atoms. The zero-order chi connectivity index (χ0) is 14.5. The predicted molar refractivity (Wildman–Crippen MR) is 80.1 cm³/mol. The molecule has 1 N–H and O–H groups in total. The van der Waals surface area contributed by atoms with E-state index < -0.39 is 0 Å². The lowest BCUT2D eigenvalue weighted by molar-refractivity contribution is 0.102. The van der Waals surface area contributed by atoms with E-state index in [1.807, 2.05) is 6.26 Å². The summed E-state index contributed by atoms with van der Waals surface area (Å²) < 4.78 is 0. The second kappa shape index (κ2) is 6.42. The van der Waals surface area contributed by atoms with E-state index in [1.165, 1.54) is 18.0 Å². The SMILES string of the molecule is CSc1ccc(NC(=O)c2ccc(Cl)nc2)cc1C#N. The van der Waals surface area contributed by atoms with Crippen molar-refractivity contribution >= 4 is 35.0 Å². The summed E-state index contributed by atoms with van der Waals surface area (Å²) in [5.41, 5.74) is 1.51. The van der Waals surface area contributed by atoms with Gasteiger partial charge in [-0.25, -0.2) is 4.98 Å². The number of aromatic nitrogens is 1. The number of nitriles is 1. The third-order valence-corrected chi connectivity index (χ3v) is 3.59. The third-order valence-electron chi connectivity index (χ3n) is 2.57. The third kappa shape index (κ3) is 3.29. The zero-order valence-electron chi connectivity index (χ0n) is 10.6. The number of rotatable bonds is 3. The maximum atomic E-state index is 12.0. The van der Waals surface area contributed by atoms with Gasteiger partial charge >= 0.3 is 0 Å². The van der Waals surface area contributed by atoms with Crippen LogP contribution in [0.25, 0.3) is 0 Å². The molecule has 0 aliphatic carbocycles. The highest BCUT2D eigenvalue weighted by Gasteiger charge is 2.08. The van der Waals surface area contributed by atoms with Crippen molar-refractivity contribution in [2.45, 2.75) is 4.90 Å². The Hall–Kier alpha value is -2.03. The van der Waals surface area contributed by atoms with Gasteiger partial charge in [0.1, 0.15) is 11.2 Å². The summed E-state index contributed by atoms with van der Waals surface area (Å²) >= 11 is 7.15. The number of hydrogen-bond acceptors (Lipinski definition) is 4. The van der Waals surface area contributed by atoms with Crippen LogP contribution in [-0.2, 0) is 0 Å². The molecule has 1 amide bonds. The smallest absolute Gasteiger partial charge is 0.257 e. The maximum Gasteiger partial charge on any atom is 0.257 e. The van der Waals surface area contributed by atoms with Gasteiger partial charge in [-0.05, 0) is 36.6 Å². The van der Waals surface area contributed by atoms with Crippen molar-refractivity contribution in [2.75, 3.05) is 11.6 Å². The number of carbonyl (C=O) groups excluding carboxylic acids is 1. The second-order valence-corrected chi connectivity index (χ2v) is 5.09. The molecule has 0 saturated heterocycles. The van der Waals surface area contributed by atoms with Gasteiger partial charge in [-0.2, -0.15) is 5.26 Å². The molecule has 20 heavy (non-hydrogen) atoms. The molecule has 1 heterocycles. The van der Waals surface area contributed by atoms with Gasteiger partial charge < -0.3 is 5.32 Å². The fraction of sp³-hybridized carbons (Fsp3) is 0.0714. The topological polar surface area (TPSA) is 65.8 Å². The van der Waals surface area contributed by atoms with Crippen LogP contribution >= 0.6 is 23.4 Å². The molecule has 0 fully saturated rings. The van der Waals surface area contributed by atoms with E-state index in [9.17, 15) is 4.79 Å². The summed E-state index contributed by atoms with van der Waals surface area (Å²) in [6, 6.07) is 10.5. The normalized spacial score (nSPS) is 9.85. The van der Waals surface area contributed by atoms with Crippen molar-refractivity contribution in [3.05, 3.63) is 52.8 Å². The molecule has 6 heteroatoms. The number of amides is 1. The summed E-state index contributed by atoms with van der Waals surface area (Å²) in [4.78, 5) is 16.7. The number of halogens is 1. The van der Waals surface area contributed by atoms with Crippen LogP contribution in [0, 0.1) is 11.3 Å². The van der Waals surface area contributed by atoms with Gasteiger partial charge in [0.05, 0.1) is 11.1 Å². The van der Waals surface area contributed by atoms with Crippen LogP contribution in [0.2, 0.25) is 5.15 Å². The number of benzene rings is 1. The fourth-order valence-corrected chi connectivity index (χ4v) is 2.23. The minimum absolute atomic E-state index is 0.296. The number of thioether (sulfide) groups is 1. The molecule has 0 aliphatic rings. The number of hydrogen-bond donors (Lipinski definition) is 1. The molecule has 0 aliphatic heterocycles. The molecule has 4 nitrogen and oxygen atoms in total. The lowest BCUT2D eigenvalue weighted by atomic mass is 10.2. The summed E-state index contributed by atoms with van der Waals surface area (Å²) in [5.74, 6) is -0.296. The monoisotopic (exact) mass is 303 g/mol. The molecule has 100 valence electrons. The minimum Gasteiger partial charge on any atom is -0.322 e. The number of anilines is 1. The Morgan fingerprint density at radius 3 is 2.80 bits per heavy atom. The average molecular weight is 304 g/mol. The van der Waals surface area contributed by atoms with Gasteiger partial charge in [-0.1, -0.05) is 11.6 Å². The van der Waals surface area contributed by atoms with Crippen LogP contribution in [0.3, 0.4) is 0 Å². The molecule has 0 radical (unpaired) electrons. The van der Waals surface area contributed by atoms with Gasteiger partial charge in [0.25, 0.3) is 5.91 Å². The molecular formula is C14H10ClN3OS.